The Morgan fingerprint density at radius 3 is 2.08 bits per heavy atom. The van der Waals surface area contributed by atoms with Gasteiger partial charge in [-0.2, -0.15) is 13.2 Å². The number of alkyl halides is 3. The molecule has 138 valence electrons. The van der Waals surface area contributed by atoms with Gasteiger partial charge in [-0.05, 0) is 63.7 Å². The van der Waals surface area contributed by atoms with E-state index in [2.05, 4.69) is 0 Å². The zero-order chi connectivity index (χ0) is 18.6. The second-order valence-electron chi connectivity index (χ2n) is 9.06. The van der Waals surface area contributed by atoms with Crippen LogP contribution in [0.5, 0.6) is 0 Å². The quantitative estimate of drug-likeness (QED) is 0.486. The van der Waals surface area contributed by atoms with E-state index in [-0.39, 0.29) is 5.92 Å². The van der Waals surface area contributed by atoms with Crippen molar-refractivity contribution in [1.29, 1.82) is 0 Å². The summed E-state index contributed by atoms with van der Waals surface area (Å²) in [6.07, 6.45) is -0.00214. The number of hydrogen-bond donors (Lipinski definition) is 0. The van der Waals surface area contributed by atoms with Crippen LogP contribution in [0.25, 0.3) is 0 Å². The predicted molar refractivity (Wildman–Crippen MR) is 87.3 cm³/mol. The molecule has 0 saturated heterocycles. The van der Waals surface area contributed by atoms with Crippen molar-refractivity contribution in [2.75, 3.05) is 0 Å². The van der Waals surface area contributed by atoms with Gasteiger partial charge in [0.2, 0.25) is 0 Å². The number of esters is 1. The second kappa shape index (κ2) is 5.77. The minimum Gasteiger partial charge on any atom is -0.458 e. The molecule has 0 spiro atoms. The second-order valence-corrected chi connectivity index (χ2v) is 9.06. The molecular formula is C19H29F3O2. The fourth-order valence-electron chi connectivity index (χ4n) is 4.61. The number of halogens is 3. The number of fused-ring (bicyclic) bond motifs is 2. The molecule has 0 aromatic heterocycles. The van der Waals surface area contributed by atoms with Crippen LogP contribution in [0.1, 0.15) is 67.2 Å². The summed E-state index contributed by atoms with van der Waals surface area (Å²) in [5, 5.41) is 0. The highest BCUT2D eigenvalue weighted by Crippen LogP contribution is 2.57. The summed E-state index contributed by atoms with van der Waals surface area (Å²) in [6, 6.07) is 0. The van der Waals surface area contributed by atoms with Gasteiger partial charge in [0, 0.05) is 0 Å². The van der Waals surface area contributed by atoms with Crippen molar-refractivity contribution in [1.82, 2.24) is 0 Å². The van der Waals surface area contributed by atoms with Gasteiger partial charge >= 0.3 is 12.1 Å². The Bertz CT molecular complexity index is 524. The van der Waals surface area contributed by atoms with Crippen LogP contribution in [0.3, 0.4) is 0 Å². The normalized spacial score (nSPS) is 32.4. The van der Waals surface area contributed by atoms with Crippen molar-refractivity contribution in [3.05, 3.63) is 11.6 Å². The van der Waals surface area contributed by atoms with Crippen LogP contribution >= 0.6 is 0 Å². The van der Waals surface area contributed by atoms with E-state index in [0.29, 0.717) is 17.9 Å². The first-order valence-corrected chi connectivity index (χ1v) is 8.69. The van der Waals surface area contributed by atoms with Gasteiger partial charge in [0.1, 0.15) is 5.60 Å². The molecule has 0 aromatic carbocycles. The maximum atomic E-state index is 14.1. The van der Waals surface area contributed by atoms with Crippen molar-refractivity contribution < 1.29 is 22.7 Å². The lowest BCUT2D eigenvalue weighted by Crippen LogP contribution is -2.56. The summed E-state index contributed by atoms with van der Waals surface area (Å²) in [7, 11) is 0. The summed E-state index contributed by atoms with van der Waals surface area (Å²) >= 11 is 0. The largest absolute Gasteiger partial charge is 0.458 e. The van der Waals surface area contributed by atoms with E-state index in [0.717, 1.165) is 25.3 Å². The van der Waals surface area contributed by atoms with Gasteiger partial charge in [-0.3, -0.25) is 4.79 Å². The molecule has 2 aliphatic carbocycles. The van der Waals surface area contributed by atoms with Crippen LogP contribution in [-0.4, -0.2) is 17.7 Å². The average Bonchev–Trinajstić information content (AvgIpc) is 2.91. The molecule has 2 bridgehead atoms. The number of hydrogen-bond acceptors (Lipinski definition) is 2. The lowest BCUT2D eigenvalue weighted by molar-refractivity contribution is -0.252. The molecule has 5 heteroatoms. The molecular weight excluding hydrogens is 317 g/mol. The molecule has 2 rings (SSSR count). The minimum atomic E-state index is -4.71. The molecule has 4 atom stereocenters. The van der Waals surface area contributed by atoms with Crippen LogP contribution < -0.4 is 0 Å². The van der Waals surface area contributed by atoms with Crippen LogP contribution in [0.2, 0.25) is 0 Å². The van der Waals surface area contributed by atoms with Crippen molar-refractivity contribution in [3.8, 4) is 0 Å². The van der Waals surface area contributed by atoms with Crippen LogP contribution in [0.4, 0.5) is 13.2 Å². The van der Waals surface area contributed by atoms with E-state index in [4.69, 9.17) is 4.74 Å². The minimum absolute atomic E-state index is 0.184. The Kier molecular flexibility index (Phi) is 4.65. The standard InChI is InChI=1S/C19H29F3O2/c1-12(2)10-18(16(3,4)5,19(20,21)22)15(23)24-17(6)11-13-7-8-14(17)9-13/h10,13-14H,7-9,11H2,1-6H3. The van der Waals surface area contributed by atoms with Gasteiger partial charge in [-0.1, -0.05) is 32.4 Å². The van der Waals surface area contributed by atoms with E-state index < -0.39 is 28.6 Å². The smallest absolute Gasteiger partial charge is 0.408 e. The maximum absolute atomic E-state index is 14.1. The van der Waals surface area contributed by atoms with Gasteiger partial charge in [0.05, 0.1) is 0 Å². The number of rotatable bonds is 3. The Morgan fingerprint density at radius 2 is 1.75 bits per heavy atom. The fraction of sp³-hybridized carbons (Fsp3) is 0.842. The summed E-state index contributed by atoms with van der Waals surface area (Å²) in [5.41, 5.74) is -4.29. The van der Waals surface area contributed by atoms with E-state index >= 15 is 0 Å². The first-order chi connectivity index (χ1) is 10.7. The van der Waals surface area contributed by atoms with Crippen LogP contribution in [-0.2, 0) is 9.53 Å². The molecule has 0 amide bonds. The van der Waals surface area contributed by atoms with Gasteiger partial charge in [-0.15, -0.1) is 0 Å². The molecule has 24 heavy (non-hydrogen) atoms. The molecule has 2 aliphatic rings. The summed E-state index contributed by atoms with van der Waals surface area (Å²) < 4.78 is 48.0. The highest BCUT2D eigenvalue weighted by atomic mass is 19.4. The van der Waals surface area contributed by atoms with Crippen molar-refractivity contribution in [2.45, 2.75) is 79.0 Å². The zero-order valence-corrected chi connectivity index (χ0v) is 15.5. The number of carbonyl (C=O) groups excluding carboxylic acids is 1. The Morgan fingerprint density at radius 1 is 1.17 bits per heavy atom. The molecule has 0 N–H and O–H groups in total. The molecule has 0 radical (unpaired) electrons. The summed E-state index contributed by atoms with van der Waals surface area (Å²) in [6.45, 7) is 9.32. The third-order valence-electron chi connectivity index (χ3n) is 5.88. The van der Waals surface area contributed by atoms with E-state index in [1.165, 1.54) is 20.8 Å². The Balaban J connectivity index is 2.44. The lowest BCUT2D eigenvalue weighted by Gasteiger charge is -2.44. The van der Waals surface area contributed by atoms with Crippen LogP contribution in [0, 0.1) is 22.7 Å². The predicted octanol–water partition coefficient (Wildman–Crippen LogP) is 5.67. The molecule has 0 aliphatic heterocycles. The molecule has 2 saturated carbocycles. The first-order valence-electron chi connectivity index (χ1n) is 8.69. The van der Waals surface area contributed by atoms with E-state index in [9.17, 15) is 18.0 Å². The van der Waals surface area contributed by atoms with Crippen molar-refractivity contribution in [3.63, 3.8) is 0 Å². The first kappa shape index (κ1) is 19.3. The highest BCUT2D eigenvalue weighted by Gasteiger charge is 2.67. The monoisotopic (exact) mass is 346 g/mol. The average molecular weight is 346 g/mol. The van der Waals surface area contributed by atoms with Gasteiger partial charge < -0.3 is 4.74 Å². The van der Waals surface area contributed by atoms with E-state index in [1.807, 2.05) is 0 Å². The van der Waals surface area contributed by atoms with E-state index in [1.54, 1.807) is 20.8 Å². The zero-order valence-electron chi connectivity index (χ0n) is 15.5. The third-order valence-corrected chi connectivity index (χ3v) is 5.88. The SMILES string of the molecule is CC(C)=CC(C(=O)OC1(C)CC2CCC1C2)(C(C)(C)C)C(F)(F)F. The topological polar surface area (TPSA) is 26.3 Å². The number of allylic oxidation sites excluding steroid dienone is 1. The number of ether oxygens (including phenoxy) is 1. The Labute approximate surface area is 142 Å². The van der Waals surface area contributed by atoms with Gasteiger partial charge in [0.25, 0.3) is 0 Å². The highest BCUT2D eigenvalue weighted by molar-refractivity contribution is 5.82. The van der Waals surface area contributed by atoms with Crippen molar-refractivity contribution >= 4 is 5.97 Å². The summed E-state index contributed by atoms with van der Waals surface area (Å²) in [5.74, 6) is -0.492. The van der Waals surface area contributed by atoms with Crippen LogP contribution in [0.15, 0.2) is 11.6 Å². The lowest BCUT2D eigenvalue weighted by atomic mass is 9.65. The maximum Gasteiger partial charge on any atom is 0.408 e. The number of carbonyl (C=O) groups is 1. The van der Waals surface area contributed by atoms with Gasteiger partial charge in [0.15, 0.2) is 5.41 Å². The third kappa shape index (κ3) is 2.99. The molecule has 0 heterocycles. The summed E-state index contributed by atoms with van der Waals surface area (Å²) in [4.78, 5) is 12.9. The Hall–Kier alpha value is -1.00. The fourth-order valence-corrected chi connectivity index (χ4v) is 4.61. The molecule has 4 unspecified atom stereocenters. The molecule has 2 fully saturated rings. The van der Waals surface area contributed by atoms with Crippen molar-refractivity contribution in [2.24, 2.45) is 22.7 Å². The molecule has 2 nitrogen and oxygen atoms in total. The molecule has 0 aromatic rings. The van der Waals surface area contributed by atoms with Gasteiger partial charge in [-0.25, -0.2) is 0 Å².